The molecule has 3 aromatic rings. The molecule has 0 aliphatic rings. The van der Waals surface area contributed by atoms with Crippen LogP contribution in [-0.2, 0) is 17.0 Å². The molecule has 1 N–H and O–H groups in total. The zero-order valence-corrected chi connectivity index (χ0v) is 14.9. The third-order valence-corrected chi connectivity index (χ3v) is 5.21. The molecular weight excluding hydrogens is 338 g/mol. The highest BCUT2D eigenvalue weighted by molar-refractivity contribution is 7.98. The van der Waals surface area contributed by atoms with E-state index in [1.165, 1.54) is 11.3 Å². The predicted octanol–water partition coefficient (Wildman–Crippen LogP) is 4.32. The second kappa shape index (κ2) is 8.08. The van der Waals surface area contributed by atoms with Crippen LogP contribution in [0, 0.1) is 6.92 Å². The number of nitrogens with zero attached hydrogens (tertiary/aromatic N) is 2. The van der Waals surface area contributed by atoms with Crippen LogP contribution >= 0.6 is 23.1 Å². The Morgan fingerprint density at radius 2 is 2.04 bits per heavy atom. The number of pyridine rings is 1. The molecule has 4 nitrogen and oxygen atoms in total. The Morgan fingerprint density at radius 3 is 2.83 bits per heavy atom. The number of carbonyl (C=O) groups is 1. The number of aryl methyl sites for hydroxylation is 1. The van der Waals surface area contributed by atoms with E-state index in [1.54, 1.807) is 18.0 Å². The van der Waals surface area contributed by atoms with Crippen molar-refractivity contribution in [2.75, 3.05) is 5.32 Å². The second-order valence-corrected chi connectivity index (χ2v) is 7.17. The zero-order chi connectivity index (χ0) is 16.8. The van der Waals surface area contributed by atoms with E-state index in [-0.39, 0.29) is 5.91 Å². The van der Waals surface area contributed by atoms with Crippen LogP contribution in [-0.4, -0.2) is 15.9 Å². The first kappa shape index (κ1) is 16.7. The maximum Gasteiger partial charge on any atom is 0.231 e. The largest absolute Gasteiger partial charge is 0.325 e. The number of aromatic nitrogens is 2. The summed E-state index contributed by atoms with van der Waals surface area (Å²) in [5, 5.41) is 6.75. The number of carbonyl (C=O) groups excluding carboxylic acids is 1. The number of thioether (sulfide) groups is 1. The van der Waals surface area contributed by atoms with Crippen molar-refractivity contribution < 1.29 is 4.79 Å². The first-order valence-electron chi connectivity index (χ1n) is 7.53. The molecule has 0 aliphatic carbocycles. The van der Waals surface area contributed by atoms with Crippen molar-refractivity contribution in [1.82, 2.24) is 9.97 Å². The van der Waals surface area contributed by atoms with Crippen molar-refractivity contribution in [3.8, 4) is 0 Å². The molecule has 0 saturated carbocycles. The summed E-state index contributed by atoms with van der Waals surface area (Å²) in [6.07, 6.45) is 2.08. The minimum atomic E-state index is -0.0393. The molecule has 0 bridgehead atoms. The number of hydrogen-bond donors (Lipinski definition) is 1. The van der Waals surface area contributed by atoms with E-state index in [0.717, 1.165) is 32.7 Å². The van der Waals surface area contributed by atoms with E-state index in [0.29, 0.717) is 6.42 Å². The Bertz CT molecular complexity index is 818. The van der Waals surface area contributed by atoms with E-state index in [9.17, 15) is 4.79 Å². The summed E-state index contributed by atoms with van der Waals surface area (Å²) in [6, 6.07) is 13.6. The van der Waals surface area contributed by atoms with Gasteiger partial charge in [0, 0.05) is 23.0 Å². The lowest BCUT2D eigenvalue weighted by Crippen LogP contribution is -2.15. The molecule has 0 radical (unpaired) electrons. The highest BCUT2D eigenvalue weighted by atomic mass is 32.2. The molecule has 2 heterocycles. The number of thiazole rings is 1. The quantitative estimate of drug-likeness (QED) is 0.669. The predicted molar refractivity (Wildman–Crippen MR) is 99.4 cm³/mol. The van der Waals surface area contributed by atoms with Gasteiger partial charge >= 0.3 is 0 Å². The van der Waals surface area contributed by atoms with Crippen LogP contribution in [0.15, 0.2) is 59.1 Å². The number of para-hydroxylation sites is 1. The molecule has 0 atom stereocenters. The Balaban J connectivity index is 1.54. The Kier molecular flexibility index (Phi) is 5.61. The molecule has 0 saturated heterocycles. The SMILES string of the molecule is Cc1ccccc1NC(=O)Cc1nc(CSc2ccccn2)cs1. The first-order valence-corrected chi connectivity index (χ1v) is 9.40. The van der Waals surface area contributed by atoms with Crippen LogP contribution in [0.5, 0.6) is 0 Å². The summed E-state index contributed by atoms with van der Waals surface area (Å²) < 4.78 is 0. The normalized spacial score (nSPS) is 10.5. The van der Waals surface area contributed by atoms with Gasteiger partial charge in [-0.1, -0.05) is 24.3 Å². The second-order valence-electron chi connectivity index (χ2n) is 5.23. The number of anilines is 1. The van der Waals surface area contributed by atoms with Crippen molar-refractivity contribution in [3.05, 3.63) is 70.3 Å². The lowest BCUT2D eigenvalue weighted by molar-refractivity contribution is -0.115. The maximum absolute atomic E-state index is 12.2. The molecule has 2 aromatic heterocycles. The van der Waals surface area contributed by atoms with Crippen LogP contribution in [0.2, 0.25) is 0 Å². The van der Waals surface area contributed by atoms with Crippen LogP contribution in [0.1, 0.15) is 16.3 Å². The zero-order valence-electron chi connectivity index (χ0n) is 13.2. The smallest absolute Gasteiger partial charge is 0.231 e. The maximum atomic E-state index is 12.2. The average molecular weight is 355 g/mol. The fourth-order valence-electron chi connectivity index (χ4n) is 2.12. The Hall–Kier alpha value is -2.18. The standard InChI is InChI=1S/C18H17N3OS2/c1-13-6-2-3-7-15(13)21-16(22)10-18-20-14(12-24-18)11-23-17-8-4-5-9-19-17/h2-9,12H,10-11H2,1H3,(H,21,22). The Morgan fingerprint density at radius 1 is 1.21 bits per heavy atom. The number of amides is 1. The highest BCUT2D eigenvalue weighted by Gasteiger charge is 2.10. The molecule has 1 aromatic carbocycles. The Labute approximate surface area is 149 Å². The molecule has 0 fully saturated rings. The fraction of sp³-hybridized carbons (Fsp3) is 0.167. The van der Waals surface area contributed by atoms with Gasteiger partial charge in [0.05, 0.1) is 17.1 Å². The molecule has 0 spiro atoms. The van der Waals surface area contributed by atoms with Crippen molar-refractivity contribution in [1.29, 1.82) is 0 Å². The minimum absolute atomic E-state index is 0.0393. The van der Waals surface area contributed by atoms with Crippen LogP contribution in [0.4, 0.5) is 5.69 Å². The molecule has 122 valence electrons. The fourth-order valence-corrected chi connectivity index (χ4v) is 3.77. The van der Waals surface area contributed by atoms with Gasteiger partial charge < -0.3 is 5.32 Å². The van der Waals surface area contributed by atoms with E-state index < -0.39 is 0 Å². The van der Waals surface area contributed by atoms with Crippen molar-refractivity contribution >= 4 is 34.7 Å². The highest BCUT2D eigenvalue weighted by Crippen LogP contribution is 2.22. The van der Waals surface area contributed by atoms with Gasteiger partial charge in [0.15, 0.2) is 0 Å². The van der Waals surface area contributed by atoms with Gasteiger partial charge in [-0.15, -0.1) is 23.1 Å². The van der Waals surface area contributed by atoms with Gasteiger partial charge in [-0.2, -0.15) is 0 Å². The van der Waals surface area contributed by atoms with Gasteiger partial charge in [0.1, 0.15) is 5.01 Å². The summed E-state index contributed by atoms with van der Waals surface area (Å²) in [5.41, 5.74) is 2.89. The van der Waals surface area contributed by atoms with Crippen molar-refractivity contribution in [3.63, 3.8) is 0 Å². The molecule has 0 unspecified atom stereocenters. The van der Waals surface area contributed by atoms with Gasteiger partial charge in [-0.05, 0) is 30.7 Å². The van der Waals surface area contributed by atoms with E-state index in [2.05, 4.69) is 15.3 Å². The topological polar surface area (TPSA) is 54.9 Å². The number of benzene rings is 1. The monoisotopic (exact) mass is 355 g/mol. The number of rotatable bonds is 6. The third-order valence-electron chi connectivity index (χ3n) is 3.34. The molecule has 24 heavy (non-hydrogen) atoms. The summed E-state index contributed by atoms with van der Waals surface area (Å²) >= 11 is 3.16. The summed E-state index contributed by atoms with van der Waals surface area (Å²) in [5.74, 6) is 0.718. The van der Waals surface area contributed by atoms with Gasteiger partial charge in [-0.25, -0.2) is 9.97 Å². The summed E-state index contributed by atoms with van der Waals surface area (Å²) in [7, 11) is 0. The van der Waals surface area contributed by atoms with Crippen molar-refractivity contribution in [2.24, 2.45) is 0 Å². The molecule has 6 heteroatoms. The van der Waals surface area contributed by atoms with E-state index in [4.69, 9.17) is 0 Å². The number of nitrogens with one attached hydrogen (secondary N) is 1. The van der Waals surface area contributed by atoms with Gasteiger partial charge in [-0.3, -0.25) is 4.79 Å². The first-order chi connectivity index (χ1) is 11.7. The summed E-state index contributed by atoms with van der Waals surface area (Å²) in [6.45, 7) is 1.98. The molecule has 0 aliphatic heterocycles. The number of hydrogen-bond acceptors (Lipinski definition) is 5. The lowest BCUT2D eigenvalue weighted by atomic mass is 10.2. The minimum Gasteiger partial charge on any atom is -0.325 e. The molecule has 1 amide bonds. The van der Waals surface area contributed by atoms with E-state index in [1.807, 2.05) is 54.8 Å². The van der Waals surface area contributed by atoms with Crippen LogP contribution in [0.3, 0.4) is 0 Å². The van der Waals surface area contributed by atoms with Gasteiger partial charge in [0.25, 0.3) is 0 Å². The molecular formula is C18H17N3OS2. The van der Waals surface area contributed by atoms with Gasteiger partial charge in [0.2, 0.25) is 5.91 Å². The third kappa shape index (κ3) is 4.66. The van der Waals surface area contributed by atoms with Crippen LogP contribution < -0.4 is 5.32 Å². The molecule has 3 rings (SSSR count). The average Bonchev–Trinajstić information content (AvgIpc) is 3.03. The lowest BCUT2D eigenvalue weighted by Gasteiger charge is -2.06. The van der Waals surface area contributed by atoms with Crippen molar-refractivity contribution in [2.45, 2.75) is 24.1 Å². The van der Waals surface area contributed by atoms with Crippen LogP contribution in [0.25, 0.3) is 0 Å². The summed E-state index contributed by atoms with van der Waals surface area (Å²) in [4.78, 5) is 21.0. The van der Waals surface area contributed by atoms with E-state index >= 15 is 0 Å².